The number of hydrogen-bond acceptors (Lipinski definition) is 24. The van der Waals surface area contributed by atoms with Gasteiger partial charge < -0.3 is 38.7 Å². The molecule has 4 saturated heterocycles. The summed E-state index contributed by atoms with van der Waals surface area (Å²) in [6.07, 6.45) is 19.5. The molecule has 702 valence electrons. The van der Waals surface area contributed by atoms with Crippen LogP contribution in [0.5, 0.6) is 34.5 Å². The fraction of sp³-hybridized carbons (Fsp3) is 0.423. The Bertz CT molecular complexity index is 6700. The lowest BCUT2D eigenvalue weighted by Gasteiger charge is -2.39. The minimum atomic E-state index is -4.67. The van der Waals surface area contributed by atoms with Gasteiger partial charge in [0.05, 0.1) is 74.0 Å². The average molecular weight is 1930 g/mol. The van der Waals surface area contributed by atoms with Crippen molar-refractivity contribution < 1.29 is 63.6 Å². The van der Waals surface area contributed by atoms with Gasteiger partial charge in [-0.25, -0.2) is 53.4 Å². The Labute approximate surface area is 785 Å². The Balaban J connectivity index is 0.000000185. The monoisotopic (exact) mass is 1920 g/mol. The van der Waals surface area contributed by atoms with E-state index in [0.717, 1.165) is 161 Å². The predicted molar refractivity (Wildman–Crippen MR) is 518 cm³/mol. The highest BCUT2D eigenvalue weighted by molar-refractivity contribution is 7.94. The molecule has 133 heavy (non-hydrogen) atoms. The lowest BCUT2D eigenvalue weighted by atomic mass is 9.72. The molecule has 0 radical (unpaired) electrons. The number of amides is 2. The van der Waals surface area contributed by atoms with Crippen LogP contribution < -0.4 is 38.2 Å². The molecule has 0 unspecified atom stereocenters. The van der Waals surface area contributed by atoms with E-state index in [2.05, 4.69) is 110 Å². The van der Waals surface area contributed by atoms with Crippen molar-refractivity contribution in [3.63, 3.8) is 0 Å². The van der Waals surface area contributed by atoms with Gasteiger partial charge in [-0.05, 0) is 195 Å². The molecule has 8 aliphatic rings. The molecule has 10 aromatic rings. The summed E-state index contributed by atoms with van der Waals surface area (Å²) in [6.45, 7) is 18.0. The number of halogens is 2. The fourth-order valence-corrected chi connectivity index (χ4v) is 25.9. The molecular formula is C97H110Cl2N14O16S4. The molecule has 4 N–H and O–H groups in total. The second kappa shape index (κ2) is 39.5. The van der Waals surface area contributed by atoms with Crippen LogP contribution in [0.4, 0.5) is 22.7 Å². The lowest BCUT2D eigenvalue weighted by molar-refractivity contribution is -0.386. The van der Waals surface area contributed by atoms with Gasteiger partial charge in [0.1, 0.15) is 45.8 Å². The normalized spacial score (nSPS) is 19.7. The van der Waals surface area contributed by atoms with Gasteiger partial charge >= 0.3 is 0 Å². The molecule has 4 fully saturated rings. The molecule has 6 aromatic carbocycles. The number of pyridine rings is 2. The third kappa shape index (κ3) is 22.5. The van der Waals surface area contributed by atoms with Crippen LogP contribution in [-0.4, -0.2) is 191 Å². The van der Waals surface area contributed by atoms with Gasteiger partial charge in [0.25, 0.3) is 43.2 Å². The van der Waals surface area contributed by atoms with Crippen LogP contribution in [0.1, 0.15) is 154 Å². The summed E-state index contributed by atoms with van der Waals surface area (Å²) in [4.78, 5) is 75.0. The maximum Gasteiger partial charge on any atom is 0.277 e. The van der Waals surface area contributed by atoms with E-state index >= 15 is 0 Å². The second-order valence-electron chi connectivity index (χ2n) is 37.5. The Morgan fingerprint density at radius 3 is 1.38 bits per heavy atom. The third-order valence-corrected chi connectivity index (χ3v) is 34.8. The number of carbonyl (C=O) groups is 2. The van der Waals surface area contributed by atoms with Gasteiger partial charge in [-0.2, -0.15) is 0 Å². The van der Waals surface area contributed by atoms with E-state index in [-0.39, 0.29) is 101 Å². The Hall–Kier alpha value is -11.0. The van der Waals surface area contributed by atoms with Gasteiger partial charge in [-0.15, -0.1) is 0 Å². The first-order valence-corrected chi connectivity index (χ1v) is 52.9. The van der Waals surface area contributed by atoms with E-state index in [4.69, 9.17) is 42.1 Å². The summed E-state index contributed by atoms with van der Waals surface area (Å²) in [6, 6.07) is 37.9. The number of nitro benzene ring substituents is 2. The van der Waals surface area contributed by atoms with Crippen LogP contribution in [-0.2, 0) is 52.3 Å². The molecule has 0 spiro atoms. The van der Waals surface area contributed by atoms with Crippen molar-refractivity contribution in [3.05, 3.63) is 233 Å². The SMILES string of the molecule is CC1(C)CCC(CN2CCN(c3ccc(C(=O)NS(=O)(=O)c4cc5c(c([N+](=O)[O-])c4)C[C@@H](CCN=S4(=O)CCCCC4)CO5)c(Oc4cnc5[nH]ccc5c4)c3)CC2)=C(c2ccc(Cl)cc2)C1.CC1(C)CCC(CN2CCN(c3ccc(C(=O)NS(=O)(=O)c4cc5c(c([N+](=O)[O-])c4)C[C@@H](CN=S4(=O)CCCCC4)CO5)c(Oc4cnc5[nH]ccc5c4)c3)CC2)=C(c2ccc(Cl)cc2)C1. The summed E-state index contributed by atoms with van der Waals surface area (Å²) in [5.74, 6) is 0.909. The molecule has 4 aromatic heterocycles. The summed E-state index contributed by atoms with van der Waals surface area (Å²) in [5, 5.41) is 27.8. The van der Waals surface area contributed by atoms with E-state index in [1.165, 1.54) is 70.1 Å². The number of aromatic nitrogens is 4. The van der Waals surface area contributed by atoms with Gasteiger partial charge in [0.2, 0.25) is 0 Å². The fourth-order valence-electron chi connectivity index (χ4n) is 19.1. The standard InChI is InChI=1S/C49H56ClN7O8S2.C48H54ClN7O8S2/c1-49(2)15-12-36(43(29-49)34-6-8-37(50)9-7-34)31-55-18-20-56(21-19-55)38-10-11-41(46(26-38)65-39-25-35-14-16-51-47(35)52-30-39)48(58)54-67(62,63)40-27-44(57(59)60)42-24-33(32-64-45(42)28-40)13-17-53-66(61)22-4-3-5-23-66;1-48(2)14-12-35(42(27-48)33-6-8-36(49)9-7-33)30-54-16-18-55(19-17-54)37-10-11-40(45(24-37)64-38-23-34-13-15-50-46(34)51-29-38)47(57)53-66(61,62)39-25-43(56(58)59)41-22-32(31-63-44(41)26-39)28-52-65(60)20-4-3-5-21-65/h6-11,14,16,25-28,30,33H,3-5,12-13,15,17-24,29,31-32H2,1-2H3,(H,51,52)(H,54,58);6-11,13,15,23-26,29,32H,3-5,12,14,16-22,27-28,30-31H2,1-2H3,(H,50,51)(H,53,57)/t33-;32-/m10/s1. The summed E-state index contributed by atoms with van der Waals surface area (Å²) < 4.78 is 120. The van der Waals surface area contributed by atoms with Crippen LogP contribution in [0, 0.1) is 42.9 Å². The molecule has 18 rings (SSSR count). The van der Waals surface area contributed by atoms with Crippen molar-refractivity contribution >= 4 is 130 Å². The molecule has 6 aliphatic heterocycles. The number of anilines is 2. The topological polar surface area (TPSA) is 379 Å². The number of fused-ring (bicyclic) bond motifs is 4. The zero-order chi connectivity index (χ0) is 93.1. The number of nitro groups is 2. The van der Waals surface area contributed by atoms with Gasteiger partial charge in [-0.1, -0.05) is 99.2 Å². The van der Waals surface area contributed by atoms with Gasteiger partial charge in [-0.3, -0.25) is 39.6 Å². The van der Waals surface area contributed by atoms with Crippen LogP contribution in [0.15, 0.2) is 188 Å². The summed E-state index contributed by atoms with van der Waals surface area (Å²) in [7, 11) is -13.9. The zero-order valence-electron chi connectivity index (χ0n) is 74.9. The van der Waals surface area contributed by atoms with E-state index in [1.807, 2.05) is 36.4 Å². The van der Waals surface area contributed by atoms with Gasteiger partial charge in [0, 0.05) is 201 Å². The Kier molecular flexibility index (Phi) is 27.9. The van der Waals surface area contributed by atoms with Crippen molar-refractivity contribution in [2.45, 2.75) is 134 Å². The number of hydrogen-bond donors (Lipinski definition) is 4. The maximum atomic E-state index is 14.1. The Morgan fingerprint density at radius 1 is 0.541 bits per heavy atom. The van der Waals surface area contributed by atoms with Gasteiger partial charge in [0.15, 0.2) is 0 Å². The zero-order valence-corrected chi connectivity index (χ0v) is 79.7. The van der Waals surface area contributed by atoms with Crippen molar-refractivity contribution in [2.75, 3.05) is 125 Å². The third-order valence-electron chi connectivity index (χ3n) is 26.7. The van der Waals surface area contributed by atoms with E-state index < -0.39 is 82.3 Å². The van der Waals surface area contributed by atoms with Crippen molar-refractivity contribution in [3.8, 4) is 34.5 Å². The number of H-pyrrole nitrogens is 2. The lowest BCUT2D eigenvalue weighted by Crippen LogP contribution is -2.47. The Morgan fingerprint density at radius 2 is 0.955 bits per heavy atom. The van der Waals surface area contributed by atoms with Crippen LogP contribution in [0.3, 0.4) is 0 Å². The highest BCUT2D eigenvalue weighted by Crippen LogP contribution is 2.48. The highest BCUT2D eigenvalue weighted by atomic mass is 35.5. The number of benzene rings is 6. The number of carbonyl (C=O) groups excluding carboxylic acids is 2. The van der Waals surface area contributed by atoms with Crippen LogP contribution in [0.25, 0.3) is 33.2 Å². The molecular weight excluding hydrogens is 1820 g/mol. The maximum absolute atomic E-state index is 14.1. The first-order valence-electron chi connectivity index (χ1n) is 45.5. The quantitative estimate of drug-likeness (QED) is 0.0305. The van der Waals surface area contributed by atoms with Crippen LogP contribution >= 0.6 is 23.2 Å². The average Bonchev–Trinajstić information content (AvgIpc) is 1.24. The van der Waals surface area contributed by atoms with E-state index in [9.17, 15) is 55.1 Å². The number of ether oxygens (including phenoxy) is 4. The van der Waals surface area contributed by atoms with E-state index in [1.54, 1.807) is 48.8 Å². The predicted octanol–water partition coefficient (Wildman–Crippen LogP) is 18.4. The molecule has 36 heteroatoms. The second-order valence-corrected chi connectivity index (χ2v) is 47.0. The number of nitrogens with one attached hydrogen (secondary N) is 4. The van der Waals surface area contributed by atoms with Crippen LogP contribution in [0.2, 0.25) is 10.0 Å². The molecule has 2 amide bonds. The largest absolute Gasteiger partial charge is 0.493 e. The number of rotatable bonds is 25. The minimum absolute atomic E-state index is 0.0395. The number of nitrogens with zero attached hydrogens (tertiary/aromatic N) is 10. The molecule has 0 bridgehead atoms. The molecule has 10 heterocycles. The summed E-state index contributed by atoms with van der Waals surface area (Å²) >= 11 is 12.5. The van der Waals surface area contributed by atoms with Crippen molar-refractivity contribution in [2.24, 2.45) is 31.4 Å². The molecule has 30 nitrogen and oxygen atoms in total. The molecule has 2 aliphatic carbocycles. The smallest absolute Gasteiger partial charge is 0.277 e. The highest BCUT2D eigenvalue weighted by Gasteiger charge is 2.38. The minimum Gasteiger partial charge on any atom is -0.493 e. The van der Waals surface area contributed by atoms with Crippen molar-refractivity contribution in [1.82, 2.24) is 39.2 Å². The number of aromatic amines is 2. The molecule has 2 atom stereocenters. The molecule has 0 saturated carbocycles. The van der Waals surface area contributed by atoms with E-state index in [0.29, 0.717) is 84.9 Å². The number of piperazine rings is 2. The number of sulfonamides is 2. The first-order chi connectivity index (χ1) is 63.7. The summed E-state index contributed by atoms with van der Waals surface area (Å²) in [5.41, 5.74) is 11.0. The van der Waals surface area contributed by atoms with Crippen molar-refractivity contribution in [1.29, 1.82) is 0 Å². The number of allylic oxidation sites excluding steroid dienone is 2. The first kappa shape index (κ1) is 93.8.